The highest BCUT2D eigenvalue weighted by atomic mass is 35.5. The number of nitrogens with one attached hydrogen (secondary N) is 1. The summed E-state index contributed by atoms with van der Waals surface area (Å²) < 4.78 is 40.9. The summed E-state index contributed by atoms with van der Waals surface area (Å²) in [6.07, 6.45) is -0.0671. The Bertz CT molecular complexity index is 977. The zero-order valence-electron chi connectivity index (χ0n) is 14.5. The van der Waals surface area contributed by atoms with Crippen LogP contribution >= 0.6 is 11.6 Å². The van der Waals surface area contributed by atoms with E-state index in [0.717, 1.165) is 18.4 Å². The fraction of sp³-hybridized carbons (Fsp3) is 0.222. The zero-order chi connectivity index (χ0) is 20.2. The molecule has 0 saturated heterocycles. The highest BCUT2D eigenvalue weighted by molar-refractivity contribution is 7.89. The van der Waals surface area contributed by atoms with Crippen LogP contribution in [0.2, 0.25) is 5.02 Å². The second-order valence-electron chi connectivity index (χ2n) is 5.93. The molecule has 2 rings (SSSR count). The summed E-state index contributed by atoms with van der Waals surface area (Å²) in [4.78, 5) is 24.4. The van der Waals surface area contributed by atoms with E-state index in [1.807, 2.05) is 0 Å². The molecule has 0 aliphatic heterocycles. The maximum absolute atomic E-state index is 13.0. The number of esters is 1. The molecule has 27 heavy (non-hydrogen) atoms. The Hall–Kier alpha value is -2.45. The lowest BCUT2D eigenvalue weighted by atomic mass is 10.1. The number of sulfone groups is 1. The summed E-state index contributed by atoms with van der Waals surface area (Å²) >= 11 is 5.84. The zero-order valence-corrected chi connectivity index (χ0v) is 16.1. The largest absolute Gasteiger partial charge is 0.449 e. The first-order valence-corrected chi connectivity index (χ1v) is 10.2. The van der Waals surface area contributed by atoms with Crippen molar-refractivity contribution in [1.29, 1.82) is 0 Å². The Morgan fingerprint density at radius 1 is 1.22 bits per heavy atom. The third kappa shape index (κ3) is 6.33. The number of carbonyl (C=O) groups excluding carboxylic acids is 2. The standard InChI is InChI=1S/C18H17ClFNO5S/c1-11(17(22)21-16-7-6-14(20)9-15(16)19)26-18(23)13-5-3-4-12(8-13)10-27(2,24)25/h3-9,11H,10H2,1-2H3,(H,21,22)/t11-/m1/s1. The summed E-state index contributed by atoms with van der Waals surface area (Å²) in [6.45, 7) is 1.37. The summed E-state index contributed by atoms with van der Waals surface area (Å²) in [5.74, 6) is -2.19. The van der Waals surface area contributed by atoms with Crippen LogP contribution in [0.25, 0.3) is 0 Å². The van der Waals surface area contributed by atoms with E-state index < -0.39 is 33.6 Å². The first-order chi connectivity index (χ1) is 12.5. The van der Waals surface area contributed by atoms with Gasteiger partial charge in [0.15, 0.2) is 15.9 Å². The number of benzene rings is 2. The lowest BCUT2D eigenvalue weighted by Gasteiger charge is -2.14. The maximum atomic E-state index is 13.0. The molecule has 0 spiro atoms. The molecule has 2 aromatic carbocycles. The molecule has 9 heteroatoms. The first kappa shape index (κ1) is 20.9. The minimum Gasteiger partial charge on any atom is -0.449 e. The van der Waals surface area contributed by atoms with Crippen molar-refractivity contribution in [3.63, 3.8) is 0 Å². The van der Waals surface area contributed by atoms with Crippen molar-refractivity contribution in [2.75, 3.05) is 11.6 Å². The second kappa shape index (κ2) is 8.49. The molecule has 0 heterocycles. The molecule has 1 atom stereocenters. The number of anilines is 1. The average molecular weight is 414 g/mol. The van der Waals surface area contributed by atoms with E-state index in [-0.39, 0.29) is 22.0 Å². The molecular formula is C18H17ClFNO5S. The van der Waals surface area contributed by atoms with E-state index in [2.05, 4.69) is 5.32 Å². The molecular weight excluding hydrogens is 397 g/mol. The number of carbonyl (C=O) groups is 2. The van der Waals surface area contributed by atoms with Gasteiger partial charge in [0, 0.05) is 6.26 Å². The maximum Gasteiger partial charge on any atom is 0.338 e. The number of hydrogen-bond acceptors (Lipinski definition) is 5. The first-order valence-electron chi connectivity index (χ1n) is 7.79. The minimum absolute atomic E-state index is 0.00959. The van der Waals surface area contributed by atoms with E-state index >= 15 is 0 Å². The van der Waals surface area contributed by atoms with Gasteiger partial charge in [-0.3, -0.25) is 4.79 Å². The van der Waals surface area contributed by atoms with E-state index in [4.69, 9.17) is 16.3 Å². The third-order valence-corrected chi connectivity index (χ3v) is 4.60. The van der Waals surface area contributed by atoms with E-state index in [1.165, 1.54) is 31.2 Å². The van der Waals surface area contributed by atoms with Crippen molar-refractivity contribution in [2.45, 2.75) is 18.8 Å². The summed E-state index contributed by atoms with van der Waals surface area (Å²) in [5.41, 5.74) is 0.735. The Labute approximate surface area is 161 Å². The fourth-order valence-corrected chi connectivity index (χ4v) is 3.20. The van der Waals surface area contributed by atoms with Crippen LogP contribution in [0.4, 0.5) is 10.1 Å². The van der Waals surface area contributed by atoms with Crippen LogP contribution in [-0.4, -0.2) is 32.7 Å². The van der Waals surface area contributed by atoms with Crippen LogP contribution in [0, 0.1) is 5.82 Å². The molecule has 2 aromatic rings. The lowest BCUT2D eigenvalue weighted by molar-refractivity contribution is -0.123. The number of hydrogen-bond donors (Lipinski definition) is 1. The van der Waals surface area contributed by atoms with Crippen molar-refractivity contribution >= 4 is 39.0 Å². The van der Waals surface area contributed by atoms with Crippen LogP contribution in [0.1, 0.15) is 22.8 Å². The molecule has 1 N–H and O–H groups in total. The Morgan fingerprint density at radius 2 is 1.93 bits per heavy atom. The highest BCUT2D eigenvalue weighted by Gasteiger charge is 2.20. The number of rotatable bonds is 6. The predicted octanol–water partition coefficient (Wildman–Crippen LogP) is 3.21. The van der Waals surface area contributed by atoms with Gasteiger partial charge in [0.05, 0.1) is 22.0 Å². The van der Waals surface area contributed by atoms with Crippen LogP contribution < -0.4 is 5.32 Å². The molecule has 0 bridgehead atoms. The van der Waals surface area contributed by atoms with Crippen molar-refractivity contribution in [2.24, 2.45) is 0 Å². The molecule has 0 aliphatic rings. The summed E-state index contributed by atoms with van der Waals surface area (Å²) in [6, 6.07) is 9.41. The quantitative estimate of drug-likeness (QED) is 0.734. The van der Waals surface area contributed by atoms with Gasteiger partial charge in [-0.1, -0.05) is 23.7 Å². The predicted molar refractivity (Wildman–Crippen MR) is 99.9 cm³/mol. The van der Waals surface area contributed by atoms with Gasteiger partial charge in [-0.2, -0.15) is 0 Å². The SMILES string of the molecule is C[C@@H](OC(=O)c1cccc(CS(C)(=O)=O)c1)C(=O)Nc1ccc(F)cc1Cl. The third-order valence-electron chi connectivity index (χ3n) is 3.43. The topological polar surface area (TPSA) is 89.5 Å². The van der Waals surface area contributed by atoms with Gasteiger partial charge in [-0.15, -0.1) is 0 Å². The Morgan fingerprint density at radius 3 is 2.56 bits per heavy atom. The molecule has 0 aliphatic carbocycles. The van der Waals surface area contributed by atoms with Crippen LogP contribution in [-0.2, 0) is 25.1 Å². The van der Waals surface area contributed by atoms with Crippen LogP contribution in [0.15, 0.2) is 42.5 Å². The molecule has 6 nitrogen and oxygen atoms in total. The number of ether oxygens (including phenoxy) is 1. The fourth-order valence-electron chi connectivity index (χ4n) is 2.20. The molecule has 144 valence electrons. The van der Waals surface area contributed by atoms with Gasteiger partial charge in [-0.25, -0.2) is 17.6 Å². The normalized spacial score (nSPS) is 12.3. The van der Waals surface area contributed by atoms with Crippen molar-refractivity contribution in [3.8, 4) is 0 Å². The van der Waals surface area contributed by atoms with Gasteiger partial charge in [0.1, 0.15) is 5.82 Å². The average Bonchev–Trinajstić information content (AvgIpc) is 2.55. The van der Waals surface area contributed by atoms with E-state index in [9.17, 15) is 22.4 Å². The molecule has 1 amide bonds. The van der Waals surface area contributed by atoms with Crippen molar-refractivity contribution < 1.29 is 27.1 Å². The van der Waals surface area contributed by atoms with Gasteiger partial charge in [0.2, 0.25) is 0 Å². The van der Waals surface area contributed by atoms with Gasteiger partial charge in [0.25, 0.3) is 5.91 Å². The minimum atomic E-state index is -3.25. The van der Waals surface area contributed by atoms with Crippen molar-refractivity contribution in [3.05, 3.63) is 64.4 Å². The smallest absolute Gasteiger partial charge is 0.338 e. The number of amides is 1. The Kier molecular flexibility index (Phi) is 6.56. The van der Waals surface area contributed by atoms with Gasteiger partial charge < -0.3 is 10.1 Å². The molecule has 0 radical (unpaired) electrons. The van der Waals surface area contributed by atoms with E-state index in [1.54, 1.807) is 6.07 Å². The number of halogens is 2. The molecule has 0 unspecified atom stereocenters. The van der Waals surface area contributed by atoms with Crippen LogP contribution in [0.5, 0.6) is 0 Å². The van der Waals surface area contributed by atoms with Gasteiger partial charge in [-0.05, 0) is 42.8 Å². The highest BCUT2D eigenvalue weighted by Crippen LogP contribution is 2.22. The summed E-state index contributed by atoms with van der Waals surface area (Å²) in [5, 5.41) is 2.45. The van der Waals surface area contributed by atoms with E-state index in [0.29, 0.717) is 5.56 Å². The second-order valence-corrected chi connectivity index (χ2v) is 8.48. The molecule has 0 aromatic heterocycles. The molecule has 0 saturated carbocycles. The lowest BCUT2D eigenvalue weighted by Crippen LogP contribution is -2.30. The monoisotopic (exact) mass is 413 g/mol. The molecule has 0 fully saturated rings. The van der Waals surface area contributed by atoms with Crippen molar-refractivity contribution in [1.82, 2.24) is 0 Å². The van der Waals surface area contributed by atoms with Gasteiger partial charge >= 0.3 is 5.97 Å². The summed E-state index contributed by atoms with van der Waals surface area (Å²) in [7, 11) is -3.25. The Balaban J connectivity index is 2.04. The van der Waals surface area contributed by atoms with Crippen LogP contribution in [0.3, 0.4) is 0 Å².